The standard InChI is InChI=1S/C15H26N2O4/c1-21-8-7-17-10-11(9-14(17)19)15(20)16-12-5-3-2-4-6-13(12)18/h11-13,18H,2-10H2,1H3,(H,16,20). The van der Waals surface area contributed by atoms with Crippen molar-refractivity contribution in [1.29, 1.82) is 0 Å². The van der Waals surface area contributed by atoms with Crippen LogP contribution in [0.2, 0.25) is 0 Å². The van der Waals surface area contributed by atoms with Crippen molar-refractivity contribution in [3.8, 4) is 0 Å². The van der Waals surface area contributed by atoms with Crippen LogP contribution in [0.3, 0.4) is 0 Å². The lowest BCUT2D eigenvalue weighted by molar-refractivity contribution is -0.129. The molecule has 3 unspecified atom stereocenters. The van der Waals surface area contributed by atoms with E-state index in [-0.39, 0.29) is 30.2 Å². The summed E-state index contributed by atoms with van der Waals surface area (Å²) in [4.78, 5) is 25.8. The molecule has 1 heterocycles. The number of hydrogen-bond donors (Lipinski definition) is 2. The molecule has 120 valence electrons. The summed E-state index contributed by atoms with van der Waals surface area (Å²) in [5.41, 5.74) is 0. The first-order chi connectivity index (χ1) is 10.1. The van der Waals surface area contributed by atoms with Crippen molar-refractivity contribution in [3.63, 3.8) is 0 Å². The SMILES string of the molecule is COCCN1CC(C(=O)NC2CCCCCC2O)CC1=O. The van der Waals surface area contributed by atoms with E-state index in [9.17, 15) is 14.7 Å². The Morgan fingerprint density at radius 1 is 1.38 bits per heavy atom. The van der Waals surface area contributed by atoms with Gasteiger partial charge < -0.3 is 20.1 Å². The molecule has 1 aliphatic carbocycles. The number of likely N-dealkylation sites (tertiary alicyclic amines) is 1. The predicted molar refractivity (Wildman–Crippen MR) is 77.6 cm³/mol. The molecule has 0 radical (unpaired) electrons. The molecule has 21 heavy (non-hydrogen) atoms. The second-order valence-electron chi connectivity index (χ2n) is 6.05. The molecular weight excluding hydrogens is 272 g/mol. The van der Waals surface area contributed by atoms with Gasteiger partial charge in [-0.3, -0.25) is 9.59 Å². The van der Waals surface area contributed by atoms with E-state index in [0.717, 1.165) is 32.1 Å². The monoisotopic (exact) mass is 298 g/mol. The summed E-state index contributed by atoms with van der Waals surface area (Å²) in [7, 11) is 1.60. The van der Waals surface area contributed by atoms with Crippen molar-refractivity contribution in [2.45, 2.75) is 50.7 Å². The normalized spacial score (nSPS) is 30.3. The third-order valence-corrected chi connectivity index (χ3v) is 4.46. The van der Waals surface area contributed by atoms with E-state index < -0.39 is 6.10 Å². The highest BCUT2D eigenvalue weighted by molar-refractivity contribution is 5.89. The summed E-state index contributed by atoms with van der Waals surface area (Å²) in [6, 6.07) is -0.164. The molecule has 2 fully saturated rings. The van der Waals surface area contributed by atoms with Crippen molar-refractivity contribution in [3.05, 3.63) is 0 Å². The zero-order valence-electron chi connectivity index (χ0n) is 12.7. The zero-order valence-corrected chi connectivity index (χ0v) is 12.7. The van der Waals surface area contributed by atoms with E-state index in [1.165, 1.54) is 0 Å². The fraction of sp³-hybridized carbons (Fsp3) is 0.867. The fourth-order valence-electron chi connectivity index (χ4n) is 3.12. The minimum atomic E-state index is -0.460. The largest absolute Gasteiger partial charge is 0.391 e. The van der Waals surface area contributed by atoms with Gasteiger partial charge in [0.05, 0.1) is 24.7 Å². The van der Waals surface area contributed by atoms with Gasteiger partial charge in [-0.2, -0.15) is 0 Å². The number of hydrogen-bond acceptors (Lipinski definition) is 4. The molecular formula is C15H26N2O4. The molecule has 0 aromatic heterocycles. The molecule has 1 saturated carbocycles. The van der Waals surface area contributed by atoms with E-state index in [4.69, 9.17) is 4.74 Å². The summed E-state index contributed by atoms with van der Waals surface area (Å²) in [5, 5.41) is 13.0. The lowest BCUT2D eigenvalue weighted by Gasteiger charge is -2.23. The Kier molecular flexibility index (Phi) is 5.99. The average molecular weight is 298 g/mol. The minimum absolute atomic E-state index is 0.00798. The Morgan fingerprint density at radius 2 is 2.14 bits per heavy atom. The van der Waals surface area contributed by atoms with Gasteiger partial charge in [-0.15, -0.1) is 0 Å². The Balaban J connectivity index is 1.84. The van der Waals surface area contributed by atoms with Gasteiger partial charge in [0.15, 0.2) is 0 Å². The van der Waals surface area contributed by atoms with Crippen LogP contribution in [0.15, 0.2) is 0 Å². The highest BCUT2D eigenvalue weighted by Crippen LogP contribution is 2.21. The first-order valence-electron chi connectivity index (χ1n) is 7.87. The summed E-state index contributed by atoms with van der Waals surface area (Å²) >= 11 is 0. The maximum absolute atomic E-state index is 12.3. The minimum Gasteiger partial charge on any atom is -0.391 e. The van der Waals surface area contributed by atoms with Crippen molar-refractivity contribution in [2.75, 3.05) is 26.8 Å². The molecule has 0 spiro atoms. The van der Waals surface area contributed by atoms with Crippen LogP contribution < -0.4 is 5.32 Å². The van der Waals surface area contributed by atoms with Crippen LogP contribution in [0.5, 0.6) is 0 Å². The quantitative estimate of drug-likeness (QED) is 0.715. The number of aliphatic hydroxyl groups excluding tert-OH is 1. The third kappa shape index (κ3) is 4.41. The molecule has 1 aliphatic heterocycles. The van der Waals surface area contributed by atoms with Crippen LogP contribution in [-0.2, 0) is 14.3 Å². The Labute approximate surface area is 125 Å². The van der Waals surface area contributed by atoms with Gasteiger partial charge in [0.2, 0.25) is 11.8 Å². The Morgan fingerprint density at radius 3 is 2.90 bits per heavy atom. The van der Waals surface area contributed by atoms with Gasteiger partial charge in [0, 0.05) is 26.6 Å². The van der Waals surface area contributed by atoms with Crippen LogP contribution in [0.25, 0.3) is 0 Å². The van der Waals surface area contributed by atoms with Gasteiger partial charge in [0.1, 0.15) is 0 Å². The van der Waals surface area contributed by atoms with Crippen LogP contribution in [0, 0.1) is 5.92 Å². The number of methoxy groups -OCH3 is 1. The summed E-state index contributed by atoms with van der Waals surface area (Å²) in [6.45, 7) is 1.48. The molecule has 3 atom stereocenters. The predicted octanol–water partition coefficient (Wildman–Crippen LogP) is 0.291. The lowest BCUT2D eigenvalue weighted by Crippen LogP contribution is -2.45. The molecule has 2 aliphatic rings. The number of amides is 2. The van der Waals surface area contributed by atoms with Gasteiger partial charge in [-0.1, -0.05) is 19.3 Å². The number of nitrogens with zero attached hydrogens (tertiary/aromatic N) is 1. The summed E-state index contributed by atoms with van der Waals surface area (Å²) in [5.74, 6) is -0.396. The molecule has 0 aromatic carbocycles. The molecule has 2 rings (SSSR count). The summed E-state index contributed by atoms with van der Waals surface area (Å²) < 4.78 is 4.97. The van der Waals surface area contributed by atoms with Crippen molar-refractivity contribution in [2.24, 2.45) is 5.92 Å². The highest BCUT2D eigenvalue weighted by Gasteiger charge is 2.35. The highest BCUT2D eigenvalue weighted by atomic mass is 16.5. The van der Waals surface area contributed by atoms with E-state index >= 15 is 0 Å². The molecule has 2 N–H and O–H groups in total. The number of aliphatic hydroxyl groups is 1. The number of nitrogens with one attached hydrogen (secondary N) is 1. The fourth-order valence-corrected chi connectivity index (χ4v) is 3.12. The van der Waals surface area contributed by atoms with Crippen LogP contribution >= 0.6 is 0 Å². The molecule has 2 amide bonds. The molecule has 0 bridgehead atoms. The third-order valence-electron chi connectivity index (χ3n) is 4.46. The second-order valence-corrected chi connectivity index (χ2v) is 6.05. The number of ether oxygens (including phenoxy) is 1. The second kappa shape index (κ2) is 7.75. The van der Waals surface area contributed by atoms with Crippen LogP contribution in [-0.4, -0.2) is 60.8 Å². The average Bonchev–Trinajstić information content (AvgIpc) is 2.72. The van der Waals surface area contributed by atoms with Gasteiger partial charge in [-0.25, -0.2) is 0 Å². The van der Waals surface area contributed by atoms with E-state index in [1.807, 2.05) is 0 Å². The molecule has 0 aromatic rings. The first kappa shape index (κ1) is 16.2. The van der Waals surface area contributed by atoms with Crippen LogP contribution in [0.4, 0.5) is 0 Å². The zero-order chi connectivity index (χ0) is 15.2. The van der Waals surface area contributed by atoms with Gasteiger partial charge in [-0.05, 0) is 12.8 Å². The first-order valence-corrected chi connectivity index (χ1v) is 7.87. The van der Waals surface area contributed by atoms with Crippen molar-refractivity contribution in [1.82, 2.24) is 10.2 Å². The molecule has 6 nitrogen and oxygen atoms in total. The molecule has 6 heteroatoms. The smallest absolute Gasteiger partial charge is 0.225 e. The van der Waals surface area contributed by atoms with Crippen molar-refractivity contribution >= 4 is 11.8 Å². The van der Waals surface area contributed by atoms with Gasteiger partial charge >= 0.3 is 0 Å². The Hall–Kier alpha value is -1.14. The van der Waals surface area contributed by atoms with E-state index in [2.05, 4.69) is 5.32 Å². The number of carbonyl (C=O) groups excluding carboxylic acids is 2. The Bertz CT molecular complexity index is 375. The maximum atomic E-state index is 12.3. The lowest BCUT2D eigenvalue weighted by atomic mass is 10.0. The molecule has 1 saturated heterocycles. The van der Waals surface area contributed by atoms with Gasteiger partial charge in [0.25, 0.3) is 0 Å². The van der Waals surface area contributed by atoms with E-state index in [0.29, 0.717) is 19.7 Å². The van der Waals surface area contributed by atoms with E-state index in [1.54, 1.807) is 12.0 Å². The number of carbonyl (C=O) groups is 2. The maximum Gasteiger partial charge on any atom is 0.225 e. The van der Waals surface area contributed by atoms with Crippen molar-refractivity contribution < 1.29 is 19.4 Å². The summed E-state index contributed by atoms with van der Waals surface area (Å²) in [6.07, 6.45) is 4.52. The number of rotatable bonds is 5. The topological polar surface area (TPSA) is 78.9 Å². The van der Waals surface area contributed by atoms with Crippen LogP contribution in [0.1, 0.15) is 38.5 Å².